The Morgan fingerprint density at radius 2 is 2.20 bits per heavy atom. The lowest BCUT2D eigenvalue weighted by molar-refractivity contribution is -0.0248. The van der Waals surface area contributed by atoms with Crippen molar-refractivity contribution in [2.45, 2.75) is 26.1 Å². The normalized spacial score (nSPS) is 27.1. The fourth-order valence-corrected chi connectivity index (χ4v) is 3.01. The van der Waals surface area contributed by atoms with Crippen molar-refractivity contribution in [3.63, 3.8) is 0 Å². The number of rotatable bonds is 2. The molecule has 1 saturated heterocycles. The number of ether oxygens (including phenoxy) is 1. The van der Waals surface area contributed by atoms with Crippen LogP contribution in [-0.2, 0) is 11.3 Å². The molecular weight excluding hydrogens is 248 g/mol. The second-order valence-electron chi connectivity index (χ2n) is 5.30. The number of hydrogen-bond acceptors (Lipinski definition) is 3. The molecule has 1 aromatic rings. The molecule has 0 aromatic heterocycles. The summed E-state index contributed by atoms with van der Waals surface area (Å²) in [5.41, 5.74) is 3.39. The van der Waals surface area contributed by atoms with Crippen molar-refractivity contribution in [3.8, 4) is 6.07 Å². The molecule has 102 valence electrons. The average molecular weight is 266 g/mol. The third-order valence-corrected chi connectivity index (χ3v) is 4.05. The predicted octanol–water partition coefficient (Wildman–Crippen LogP) is 3.22. The van der Waals surface area contributed by atoms with Crippen LogP contribution in [0.25, 0.3) is 0 Å². The first-order chi connectivity index (χ1) is 9.81. The van der Waals surface area contributed by atoms with Crippen LogP contribution >= 0.6 is 0 Å². The molecule has 3 rings (SSSR count). The molecule has 2 aliphatic heterocycles. The van der Waals surface area contributed by atoms with Gasteiger partial charge < -0.3 is 9.64 Å². The standard InChI is InChI=1S/C17H18N2O/c1-2-15-12-20-17-16(15)8-14(9-18)11-19(17)10-13-6-4-3-5-7-13/h2-7,11,16-17H,8,10,12H2,1H3/b15-2-/t16-,17+/m0/s1. The fraction of sp³-hybridized carbons (Fsp3) is 0.353. The van der Waals surface area contributed by atoms with Crippen molar-refractivity contribution >= 4 is 0 Å². The maximum Gasteiger partial charge on any atom is 0.137 e. The van der Waals surface area contributed by atoms with E-state index in [2.05, 4.69) is 29.2 Å². The molecule has 0 radical (unpaired) electrons. The summed E-state index contributed by atoms with van der Waals surface area (Å²) in [5, 5.41) is 9.25. The van der Waals surface area contributed by atoms with Gasteiger partial charge in [0.1, 0.15) is 6.23 Å². The number of fused-ring (bicyclic) bond motifs is 1. The maximum absolute atomic E-state index is 9.25. The van der Waals surface area contributed by atoms with Gasteiger partial charge in [-0.15, -0.1) is 0 Å². The van der Waals surface area contributed by atoms with Crippen LogP contribution in [0, 0.1) is 17.2 Å². The summed E-state index contributed by atoms with van der Waals surface area (Å²) >= 11 is 0. The third-order valence-electron chi connectivity index (χ3n) is 4.05. The Hall–Kier alpha value is -2.05. The Morgan fingerprint density at radius 3 is 2.90 bits per heavy atom. The van der Waals surface area contributed by atoms with E-state index in [0.717, 1.165) is 18.5 Å². The first-order valence-electron chi connectivity index (χ1n) is 6.99. The van der Waals surface area contributed by atoms with Crippen molar-refractivity contribution in [1.29, 1.82) is 5.26 Å². The van der Waals surface area contributed by atoms with E-state index >= 15 is 0 Å². The Bertz CT molecular complexity index is 583. The summed E-state index contributed by atoms with van der Waals surface area (Å²) in [6, 6.07) is 12.6. The minimum Gasteiger partial charge on any atom is -0.353 e. The molecule has 0 bridgehead atoms. The van der Waals surface area contributed by atoms with Crippen LogP contribution in [0.4, 0.5) is 0 Å². The van der Waals surface area contributed by atoms with Crippen LogP contribution in [0.3, 0.4) is 0 Å². The van der Waals surface area contributed by atoms with Crippen molar-refractivity contribution in [1.82, 2.24) is 4.90 Å². The molecule has 3 nitrogen and oxygen atoms in total. The monoisotopic (exact) mass is 266 g/mol. The van der Waals surface area contributed by atoms with Gasteiger partial charge in [-0.2, -0.15) is 5.26 Å². The maximum atomic E-state index is 9.25. The van der Waals surface area contributed by atoms with Gasteiger partial charge in [-0.1, -0.05) is 36.4 Å². The van der Waals surface area contributed by atoms with Crippen molar-refractivity contribution < 1.29 is 4.74 Å². The first-order valence-corrected chi connectivity index (χ1v) is 6.99. The summed E-state index contributed by atoms with van der Waals surface area (Å²) in [6.45, 7) is 3.51. The van der Waals surface area contributed by atoms with Gasteiger partial charge in [-0.25, -0.2) is 0 Å². The van der Waals surface area contributed by atoms with Crippen molar-refractivity contribution in [2.24, 2.45) is 5.92 Å². The number of nitriles is 1. The first kappa shape index (κ1) is 13.0. The summed E-state index contributed by atoms with van der Waals surface area (Å²) in [5.74, 6) is 0.323. The summed E-state index contributed by atoms with van der Waals surface area (Å²) in [4.78, 5) is 2.17. The second-order valence-corrected chi connectivity index (χ2v) is 5.30. The minimum atomic E-state index is 0.0681. The van der Waals surface area contributed by atoms with Gasteiger partial charge in [0.2, 0.25) is 0 Å². The lowest BCUT2D eigenvalue weighted by Gasteiger charge is -2.35. The molecule has 20 heavy (non-hydrogen) atoms. The lowest BCUT2D eigenvalue weighted by Crippen LogP contribution is -2.38. The molecule has 0 saturated carbocycles. The molecular formula is C17H18N2O. The Kier molecular flexibility index (Phi) is 3.58. The van der Waals surface area contributed by atoms with Crippen molar-refractivity contribution in [3.05, 3.63) is 59.3 Å². The molecule has 2 atom stereocenters. The van der Waals surface area contributed by atoms with E-state index in [1.54, 1.807) is 0 Å². The predicted molar refractivity (Wildman–Crippen MR) is 77.3 cm³/mol. The molecule has 3 heteroatoms. The molecule has 0 unspecified atom stereocenters. The van der Waals surface area contributed by atoms with E-state index in [1.165, 1.54) is 11.1 Å². The van der Waals surface area contributed by atoms with Crippen LogP contribution in [0.1, 0.15) is 18.9 Å². The minimum absolute atomic E-state index is 0.0681. The Morgan fingerprint density at radius 1 is 1.40 bits per heavy atom. The number of hydrogen-bond donors (Lipinski definition) is 0. The average Bonchev–Trinajstić information content (AvgIpc) is 2.91. The molecule has 2 heterocycles. The third kappa shape index (κ3) is 2.35. The topological polar surface area (TPSA) is 36.3 Å². The molecule has 0 amide bonds. The highest BCUT2D eigenvalue weighted by molar-refractivity contribution is 5.29. The van der Waals surface area contributed by atoms with Crippen molar-refractivity contribution in [2.75, 3.05) is 6.61 Å². The zero-order valence-electron chi connectivity index (χ0n) is 11.6. The van der Waals surface area contributed by atoms with Gasteiger partial charge in [-0.05, 0) is 24.5 Å². The highest BCUT2D eigenvalue weighted by Gasteiger charge is 2.38. The Labute approximate surface area is 119 Å². The SMILES string of the molecule is C/C=C1/CO[C@@H]2[C@H]1CC(C#N)=CN2Cc1ccccc1. The Balaban J connectivity index is 1.87. The van der Waals surface area contributed by atoms with Gasteiger partial charge >= 0.3 is 0 Å². The van der Waals surface area contributed by atoms with Gasteiger partial charge in [-0.3, -0.25) is 0 Å². The molecule has 0 aliphatic carbocycles. The molecule has 0 spiro atoms. The quantitative estimate of drug-likeness (QED) is 0.771. The van der Waals surface area contributed by atoms with Crippen LogP contribution in [0.15, 0.2) is 53.8 Å². The number of allylic oxidation sites excluding steroid dienone is 2. The highest BCUT2D eigenvalue weighted by Crippen LogP contribution is 2.38. The smallest absolute Gasteiger partial charge is 0.137 e. The number of nitrogens with zero attached hydrogens (tertiary/aromatic N) is 2. The van der Waals surface area contributed by atoms with E-state index < -0.39 is 0 Å². The van der Waals surface area contributed by atoms with Gasteiger partial charge in [0.05, 0.1) is 12.7 Å². The van der Waals surface area contributed by atoms with E-state index in [9.17, 15) is 5.26 Å². The zero-order chi connectivity index (χ0) is 13.9. The fourth-order valence-electron chi connectivity index (χ4n) is 3.01. The van der Waals surface area contributed by atoms with Gasteiger partial charge in [0.25, 0.3) is 0 Å². The molecule has 1 aromatic carbocycles. The van der Waals surface area contributed by atoms with Crippen LogP contribution in [0.2, 0.25) is 0 Å². The molecule has 0 N–H and O–H groups in total. The molecule has 1 fully saturated rings. The van der Waals surface area contributed by atoms with Crippen LogP contribution in [0.5, 0.6) is 0 Å². The van der Waals surface area contributed by atoms with Crippen LogP contribution < -0.4 is 0 Å². The van der Waals surface area contributed by atoms with E-state index in [4.69, 9.17) is 4.74 Å². The van der Waals surface area contributed by atoms with Crippen LogP contribution in [-0.4, -0.2) is 17.7 Å². The second kappa shape index (κ2) is 5.52. The molecule has 2 aliphatic rings. The summed E-state index contributed by atoms with van der Waals surface area (Å²) in [7, 11) is 0. The largest absolute Gasteiger partial charge is 0.353 e. The summed E-state index contributed by atoms with van der Waals surface area (Å²) < 4.78 is 5.94. The van der Waals surface area contributed by atoms with Gasteiger partial charge in [0, 0.05) is 24.2 Å². The highest BCUT2D eigenvalue weighted by atomic mass is 16.5. The zero-order valence-corrected chi connectivity index (χ0v) is 11.6. The van der Waals surface area contributed by atoms with E-state index in [1.807, 2.05) is 31.3 Å². The van der Waals surface area contributed by atoms with Gasteiger partial charge in [0.15, 0.2) is 0 Å². The van der Waals surface area contributed by atoms with E-state index in [0.29, 0.717) is 12.5 Å². The van der Waals surface area contributed by atoms with E-state index in [-0.39, 0.29) is 6.23 Å². The summed E-state index contributed by atoms with van der Waals surface area (Å²) in [6.07, 6.45) is 4.96. The number of benzene rings is 1. The lowest BCUT2D eigenvalue weighted by atomic mass is 9.89.